The first-order valence-electron chi connectivity index (χ1n) is 4.44. The topological polar surface area (TPSA) is 52.3 Å². The lowest BCUT2D eigenvalue weighted by atomic mass is 9.87. The largest absolute Gasteiger partial charge is 0.468 e. The zero-order valence-corrected chi connectivity index (χ0v) is 8.67. The van der Waals surface area contributed by atoms with Crippen molar-refractivity contribution in [3.63, 3.8) is 0 Å². The molecule has 13 heavy (non-hydrogen) atoms. The first-order valence-corrected chi connectivity index (χ1v) is 4.44. The molecule has 0 radical (unpaired) electrons. The normalized spacial score (nSPS) is 15.2. The van der Waals surface area contributed by atoms with Crippen molar-refractivity contribution in [2.24, 2.45) is 11.7 Å². The van der Waals surface area contributed by atoms with Gasteiger partial charge in [-0.2, -0.15) is 0 Å². The lowest BCUT2D eigenvalue weighted by Crippen LogP contribution is -2.49. The quantitative estimate of drug-likeness (QED) is 0.521. The third-order valence-corrected chi connectivity index (χ3v) is 1.87. The number of hydrogen-bond acceptors (Lipinski definition) is 3. The van der Waals surface area contributed by atoms with Gasteiger partial charge < -0.3 is 10.5 Å². The molecule has 0 aliphatic carbocycles. The summed E-state index contributed by atoms with van der Waals surface area (Å²) in [6.07, 6.45) is 2.73. The Balaban J connectivity index is 4.50. The van der Waals surface area contributed by atoms with Gasteiger partial charge in [-0.3, -0.25) is 4.79 Å². The minimum absolute atomic E-state index is 0.360. The minimum atomic E-state index is -0.898. The van der Waals surface area contributed by atoms with E-state index in [1.54, 1.807) is 6.08 Å². The molecule has 0 spiro atoms. The fraction of sp³-hybridized carbons (Fsp3) is 0.700. The van der Waals surface area contributed by atoms with Crippen LogP contribution in [0.4, 0.5) is 0 Å². The summed E-state index contributed by atoms with van der Waals surface area (Å²) in [4.78, 5) is 11.4. The number of carbonyl (C=O) groups excluding carboxylic acids is 1. The molecule has 0 rings (SSSR count). The fourth-order valence-electron chi connectivity index (χ4n) is 1.44. The summed E-state index contributed by atoms with van der Waals surface area (Å²) in [5.74, 6) is 0.00477. The zero-order valence-electron chi connectivity index (χ0n) is 8.67. The Labute approximate surface area is 79.9 Å². The molecule has 0 aromatic heterocycles. The average molecular weight is 185 g/mol. The Hall–Kier alpha value is -0.830. The van der Waals surface area contributed by atoms with Gasteiger partial charge in [0.15, 0.2) is 0 Å². The van der Waals surface area contributed by atoms with E-state index in [1.807, 2.05) is 13.8 Å². The monoisotopic (exact) mass is 185 g/mol. The molecule has 76 valence electrons. The highest BCUT2D eigenvalue weighted by atomic mass is 16.5. The van der Waals surface area contributed by atoms with Gasteiger partial charge in [-0.15, -0.1) is 6.58 Å². The van der Waals surface area contributed by atoms with E-state index in [0.29, 0.717) is 18.8 Å². The van der Waals surface area contributed by atoms with Gasteiger partial charge in [0.25, 0.3) is 0 Å². The molecule has 3 heteroatoms. The van der Waals surface area contributed by atoms with E-state index < -0.39 is 5.54 Å². The van der Waals surface area contributed by atoms with Crippen LogP contribution in [0, 0.1) is 5.92 Å². The van der Waals surface area contributed by atoms with Crippen LogP contribution in [-0.2, 0) is 9.53 Å². The van der Waals surface area contributed by atoms with Gasteiger partial charge in [-0.1, -0.05) is 19.9 Å². The van der Waals surface area contributed by atoms with E-state index >= 15 is 0 Å². The molecule has 0 aromatic rings. The van der Waals surface area contributed by atoms with Crippen LogP contribution in [0.2, 0.25) is 0 Å². The van der Waals surface area contributed by atoms with Crippen molar-refractivity contribution < 1.29 is 9.53 Å². The number of nitrogens with two attached hydrogens (primary N) is 1. The van der Waals surface area contributed by atoms with Crippen LogP contribution in [0.25, 0.3) is 0 Å². The second kappa shape index (κ2) is 5.02. The highest BCUT2D eigenvalue weighted by Gasteiger charge is 2.34. The van der Waals surface area contributed by atoms with E-state index in [1.165, 1.54) is 7.11 Å². The number of methoxy groups -OCH3 is 1. The molecule has 0 heterocycles. The second-order valence-corrected chi connectivity index (χ2v) is 3.74. The van der Waals surface area contributed by atoms with Crippen molar-refractivity contribution in [2.75, 3.05) is 7.11 Å². The van der Waals surface area contributed by atoms with Crippen LogP contribution in [0.15, 0.2) is 12.7 Å². The molecule has 3 nitrogen and oxygen atoms in total. The highest BCUT2D eigenvalue weighted by Crippen LogP contribution is 2.19. The van der Waals surface area contributed by atoms with Crippen molar-refractivity contribution in [2.45, 2.75) is 32.2 Å². The maximum Gasteiger partial charge on any atom is 0.326 e. The van der Waals surface area contributed by atoms with E-state index in [9.17, 15) is 4.79 Å². The van der Waals surface area contributed by atoms with Gasteiger partial charge in [0.1, 0.15) is 5.54 Å². The van der Waals surface area contributed by atoms with E-state index in [2.05, 4.69) is 11.3 Å². The Bertz CT molecular complexity index is 189. The SMILES string of the molecule is C=CC[C@](N)(CC(C)C)C(=O)OC. The van der Waals surface area contributed by atoms with Gasteiger partial charge in [0.2, 0.25) is 0 Å². The molecular weight excluding hydrogens is 166 g/mol. The molecule has 0 amide bonds. The maximum absolute atomic E-state index is 11.4. The van der Waals surface area contributed by atoms with Gasteiger partial charge >= 0.3 is 5.97 Å². The van der Waals surface area contributed by atoms with E-state index in [4.69, 9.17) is 5.73 Å². The van der Waals surface area contributed by atoms with Crippen molar-refractivity contribution in [3.8, 4) is 0 Å². The first-order chi connectivity index (χ1) is 5.96. The van der Waals surface area contributed by atoms with Gasteiger partial charge in [-0.25, -0.2) is 0 Å². The molecule has 0 saturated carbocycles. The molecule has 0 unspecified atom stereocenters. The fourth-order valence-corrected chi connectivity index (χ4v) is 1.44. The number of carbonyl (C=O) groups is 1. The molecule has 0 aromatic carbocycles. The Morgan fingerprint density at radius 3 is 2.54 bits per heavy atom. The van der Waals surface area contributed by atoms with Crippen molar-refractivity contribution in [1.82, 2.24) is 0 Å². The third-order valence-electron chi connectivity index (χ3n) is 1.87. The summed E-state index contributed by atoms with van der Waals surface area (Å²) < 4.78 is 4.66. The number of esters is 1. The average Bonchev–Trinajstić information content (AvgIpc) is 2.02. The molecule has 0 aliphatic heterocycles. The van der Waals surface area contributed by atoms with E-state index in [0.717, 1.165) is 0 Å². The number of ether oxygens (including phenoxy) is 1. The number of rotatable bonds is 5. The van der Waals surface area contributed by atoms with Crippen LogP contribution in [-0.4, -0.2) is 18.6 Å². The standard InChI is InChI=1S/C10H19NO2/c1-5-6-10(11,7-8(2)3)9(12)13-4/h5,8H,1,6-7,11H2,2-4H3/t10-/m0/s1. The molecule has 0 saturated heterocycles. The van der Waals surface area contributed by atoms with Crippen molar-refractivity contribution in [3.05, 3.63) is 12.7 Å². The molecule has 0 bridgehead atoms. The lowest BCUT2D eigenvalue weighted by Gasteiger charge is -2.26. The molecule has 2 N–H and O–H groups in total. The molecular formula is C10H19NO2. The van der Waals surface area contributed by atoms with Gasteiger partial charge in [-0.05, 0) is 18.8 Å². The molecule has 1 atom stereocenters. The lowest BCUT2D eigenvalue weighted by molar-refractivity contribution is -0.147. The Morgan fingerprint density at radius 1 is 1.69 bits per heavy atom. The summed E-state index contributed by atoms with van der Waals surface area (Å²) in [6, 6.07) is 0. The molecule has 0 aliphatic rings. The predicted molar refractivity (Wildman–Crippen MR) is 53.2 cm³/mol. The third kappa shape index (κ3) is 3.59. The van der Waals surface area contributed by atoms with Crippen LogP contribution in [0.1, 0.15) is 26.7 Å². The van der Waals surface area contributed by atoms with Crippen molar-refractivity contribution in [1.29, 1.82) is 0 Å². The van der Waals surface area contributed by atoms with Crippen LogP contribution in [0.5, 0.6) is 0 Å². The summed E-state index contributed by atoms with van der Waals surface area (Å²) in [5.41, 5.74) is 5.02. The van der Waals surface area contributed by atoms with Crippen molar-refractivity contribution >= 4 is 5.97 Å². The second-order valence-electron chi connectivity index (χ2n) is 3.74. The maximum atomic E-state index is 11.4. The highest BCUT2D eigenvalue weighted by molar-refractivity contribution is 5.80. The summed E-state index contributed by atoms with van der Waals surface area (Å²) in [7, 11) is 1.35. The summed E-state index contributed by atoms with van der Waals surface area (Å²) in [6.45, 7) is 7.62. The van der Waals surface area contributed by atoms with Gasteiger partial charge in [0, 0.05) is 0 Å². The zero-order chi connectivity index (χ0) is 10.5. The first kappa shape index (κ1) is 12.2. The predicted octanol–water partition coefficient (Wildman–Crippen LogP) is 1.48. The van der Waals surface area contributed by atoms with Crippen LogP contribution >= 0.6 is 0 Å². The Kier molecular flexibility index (Phi) is 4.70. The van der Waals surface area contributed by atoms with Gasteiger partial charge in [0.05, 0.1) is 7.11 Å². The van der Waals surface area contributed by atoms with Crippen LogP contribution in [0.3, 0.4) is 0 Å². The minimum Gasteiger partial charge on any atom is -0.468 e. The smallest absolute Gasteiger partial charge is 0.326 e. The summed E-state index contributed by atoms with van der Waals surface area (Å²) in [5, 5.41) is 0. The van der Waals surface area contributed by atoms with E-state index in [-0.39, 0.29) is 5.97 Å². The molecule has 0 fully saturated rings. The van der Waals surface area contributed by atoms with Crippen LogP contribution < -0.4 is 5.73 Å². The Morgan fingerprint density at radius 2 is 2.23 bits per heavy atom. The number of hydrogen-bond donors (Lipinski definition) is 1. The summed E-state index contributed by atoms with van der Waals surface area (Å²) >= 11 is 0.